The van der Waals surface area contributed by atoms with Crippen LogP contribution >= 0.6 is 0 Å². The number of halogens is 1. The summed E-state index contributed by atoms with van der Waals surface area (Å²) >= 11 is 0. The maximum absolute atomic E-state index is 15.9. The first-order valence-electron chi connectivity index (χ1n) is 20.1. The van der Waals surface area contributed by atoms with Crippen molar-refractivity contribution in [3.8, 4) is 33.6 Å². The number of methoxy groups -OCH3 is 2. The molecule has 59 heavy (non-hydrogen) atoms. The highest BCUT2D eigenvalue weighted by Crippen LogP contribution is 2.36. The molecule has 2 fully saturated rings. The number of ether oxygens (including phenoxy) is 2. The fraction of sp³-hybridized carbons (Fsp3) is 0.409. The minimum absolute atomic E-state index is 0.127. The quantitative estimate of drug-likeness (QED) is 0.106. The molecule has 0 unspecified atom stereocenters. The molecule has 5 aromatic rings. The lowest BCUT2D eigenvalue weighted by Crippen LogP contribution is -2.51. The van der Waals surface area contributed by atoms with E-state index in [4.69, 9.17) is 9.47 Å². The van der Waals surface area contributed by atoms with Crippen LogP contribution in [0.15, 0.2) is 67.0 Å². The maximum atomic E-state index is 15.9. The van der Waals surface area contributed by atoms with Crippen LogP contribution in [-0.4, -0.2) is 93.1 Å². The van der Waals surface area contributed by atoms with Gasteiger partial charge < -0.3 is 39.9 Å². The Morgan fingerprint density at radius 3 is 1.58 bits per heavy atom. The lowest BCUT2D eigenvalue weighted by Gasteiger charge is -2.30. The normalized spacial score (nSPS) is 17.7. The molecule has 4 amide bonds. The van der Waals surface area contributed by atoms with Crippen LogP contribution in [0.5, 0.6) is 0 Å². The number of alkyl carbamates (subject to hydrolysis) is 2. The zero-order valence-corrected chi connectivity index (χ0v) is 34.2. The maximum Gasteiger partial charge on any atom is 0.407 e. The van der Waals surface area contributed by atoms with Crippen LogP contribution in [0.25, 0.3) is 44.4 Å². The van der Waals surface area contributed by atoms with Crippen molar-refractivity contribution in [2.75, 3.05) is 27.3 Å². The molecule has 4 atom stereocenters. The number of H-pyrrole nitrogens is 2. The van der Waals surface area contributed by atoms with Gasteiger partial charge in [-0.15, -0.1) is 0 Å². The fourth-order valence-electron chi connectivity index (χ4n) is 8.19. The number of rotatable bonds is 11. The third kappa shape index (κ3) is 8.50. The molecule has 0 bridgehead atoms. The van der Waals surface area contributed by atoms with Gasteiger partial charge in [0.2, 0.25) is 11.8 Å². The monoisotopic (exact) mass is 806 g/mol. The second kappa shape index (κ2) is 17.3. The van der Waals surface area contributed by atoms with Crippen LogP contribution < -0.4 is 10.6 Å². The SMILES string of the molecule is COC(=O)N[C@H](C(=O)N1CCC[C@H]1c1ncc(-c2ccc(-c3ccc4cc(-c5cnc([C@@H]6CCCN6C(=O)[C@@H](NC(=O)OC)C(C)C)[nH]5)ccc4c3)c(F)c2)[nH]1)C(C)C. The van der Waals surface area contributed by atoms with Crippen molar-refractivity contribution < 1.29 is 33.0 Å². The largest absolute Gasteiger partial charge is 0.453 e. The van der Waals surface area contributed by atoms with E-state index in [9.17, 15) is 19.2 Å². The molecule has 0 radical (unpaired) electrons. The zero-order valence-electron chi connectivity index (χ0n) is 34.2. The molecule has 0 spiro atoms. The summed E-state index contributed by atoms with van der Waals surface area (Å²) < 4.78 is 25.3. The predicted octanol–water partition coefficient (Wildman–Crippen LogP) is 7.51. The van der Waals surface area contributed by atoms with Crippen molar-refractivity contribution >= 4 is 34.8 Å². The summed E-state index contributed by atoms with van der Waals surface area (Å²) in [4.78, 5) is 70.6. The van der Waals surface area contributed by atoms with E-state index in [0.717, 1.165) is 46.9 Å². The summed E-state index contributed by atoms with van der Waals surface area (Å²) in [5, 5.41) is 7.26. The molecule has 2 aliphatic rings. The highest BCUT2D eigenvalue weighted by molar-refractivity contribution is 5.91. The minimum Gasteiger partial charge on any atom is -0.453 e. The molecule has 4 heterocycles. The summed E-state index contributed by atoms with van der Waals surface area (Å²) in [7, 11) is 2.54. The Morgan fingerprint density at radius 1 is 0.678 bits per heavy atom. The first kappa shape index (κ1) is 40.9. The molecule has 15 heteroatoms. The smallest absolute Gasteiger partial charge is 0.407 e. The van der Waals surface area contributed by atoms with Crippen LogP contribution in [0.2, 0.25) is 0 Å². The van der Waals surface area contributed by atoms with Gasteiger partial charge in [0, 0.05) is 29.8 Å². The highest BCUT2D eigenvalue weighted by atomic mass is 19.1. The number of aromatic nitrogens is 4. The average molecular weight is 807 g/mol. The number of carbonyl (C=O) groups is 4. The molecule has 2 aromatic heterocycles. The fourth-order valence-corrected chi connectivity index (χ4v) is 8.19. The van der Waals surface area contributed by atoms with Gasteiger partial charge in [-0.25, -0.2) is 23.9 Å². The molecular formula is C44H51FN8O6. The summed E-state index contributed by atoms with van der Waals surface area (Å²) in [5.74, 6) is 0.277. The number of likely N-dealkylation sites (tertiary alicyclic amines) is 2. The molecule has 2 aliphatic heterocycles. The van der Waals surface area contributed by atoms with E-state index in [1.54, 1.807) is 28.3 Å². The molecule has 7 rings (SSSR count). The third-order valence-electron chi connectivity index (χ3n) is 11.4. The van der Waals surface area contributed by atoms with Gasteiger partial charge in [0.25, 0.3) is 0 Å². The van der Waals surface area contributed by atoms with E-state index < -0.39 is 24.3 Å². The molecule has 14 nitrogen and oxygen atoms in total. The molecule has 4 N–H and O–H groups in total. The van der Waals surface area contributed by atoms with Crippen molar-refractivity contribution in [3.63, 3.8) is 0 Å². The lowest BCUT2D eigenvalue weighted by atomic mass is 9.98. The summed E-state index contributed by atoms with van der Waals surface area (Å²) in [6, 6.07) is 15.0. The van der Waals surface area contributed by atoms with Crippen LogP contribution in [0.4, 0.5) is 14.0 Å². The second-order valence-electron chi connectivity index (χ2n) is 15.9. The Kier molecular flexibility index (Phi) is 12.0. The predicted molar refractivity (Wildman–Crippen MR) is 220 cm³/mol. The van der Waals surface area contributed by atoms with Gasteiger partial charge in [-0.3, -0.25) is 9.59 Å². The topological polar surface area (TPSA) is 175 Å². The van der Waals surface area contributed by atoms with Crippen molar-refractivity contribution in [2.24, 2.45) is 11.8 Å². The molecular weight excluding hydrogens is 756 g/mol. The number of benzene rings is 3. The Balaban J connectivity index is 1.05. The highest BCUT2D eigenvalue weighted by Gasteiger charge is 2.39. The number of hydrogen-bond donors (Lipinski definition) is 4. The van der Waals surface area contributed by atoms with E-state index in [-0.39, 0.29) is 41.6 Å². The average Bonchev–Trinajstić information content (AvgIpc) is 4.07. The molecule has 3 aromatic carbocycles. The van der Waals surface area contributed by atoms with Gasteiger partial charge in [-0.05, 0) is 72.1 Å². The summed E-state index contributed by atoms with van der Waals surface area (Å²) in [6.45, 7) is 8.62. The lowest BCUT2D eigenvalue weighted by molar-refractivity contribution is -0.136. The Hall–Kier alpha value is -6.25. The Labute approximate surface area is 342 Å². The molecule has 0 aliphatic carbocycles. The van der Waals surface area contributed by atoms with Gasteiger partial charge in [0.05, 0.1) is 50.1 Å². The number of fused-ring (bicyclic) bond motifs is 1. The van der Waals surface area contributed by atoms with Crippen molar-refractivity contribution in [1.29, 1.82) is 0 Å². The van der Waals surface area contributed by atoms with Gasteiger partial charge in [-0.2, -0.15) is 0 Å². The minimum atomic E-state index is -0.738. The first-order valence-corrected chi connectivity index (χ1v) is 20.1. The van der Waals surface area contributed by atoms with Crippen LogP contribution in [0, 0.1) is 17.7 Å². The van der Waals surface area contributed by atoms with Gasteiger partial charge in [0.15, 0.2) is 0 Å². The number of nitrogens with zero attached hydrogens (tertiary/aromatic N) is 4. The number of imidazole rings is 2. The molecule has 0 saturated carbocycles. The van der Waals surface area contributed by atoms with Crippen LogP contribution in [0.1, 0.15) is 77.1 Å². The first-order chi connectivity index (χ1) is 28.4. The molecule has 2 saturated heterocycles. The Morgan fingerprint density at radius 2 is 1.12 bits per heavy atom. The number of carbonyl (C=O) groups excluding carboxylic acids is 4. The Bertz CT molecular complexity index is 2360. The number of amides is 4. The third-order valence-corrected chi connectivity index (χ3v) is 11.4. The van der Waals surface area contributed by atoms with Crippen molar-refractivity contribution in [2.45, 2.75) is 77.5 Å². The number of nitrogens with one attached hydrogen (secondary N) is 4. The van der Waals surface area contributed by atoms with Crippen molar-refractivity contribution in [3.05, 3.63) is 84.5 Å². The van der Waals surface area contributed by atoms with Crippen molar-refractivity contribution in [1.82, 2.24) is 40.4 Å². The van der Waals surface area contributed by atoms with E-state index in [2.05, 4.69) is 36.6 Å². The number of hydrogen-bond acceptors (Lipinski definition) is 8. The van der Waals surface area contributed by atoms with Gasteiger partial charge >= 0.3 is 12.2 Å². The van der Waals surface area contributed by atoms with E-state index >= 15 is 4.39 Å². The van der Waals surface area contributed by atoms with E-state index in [0.29, 0.717) is 48.0 Å². The summed E-state index contributed by atoms with van der Waals surface area (Å²) in [6.07, 6.45) is 5.20. The zero-order chi connectivity index (χ0) is 42.0. The van der Waals surface area contributed by atoms with E-state index in [1.165, 1.54) is 20.3 Å². The second-order valence-corrected chi connectivity index (χ2v) is 15.9. The molecule has 310 valence electrons. The van der Waals surface area contributed by atoms with Crippen LogP contribution in [-0.2, 0) is 19.1 Å². The van der Waals surface area contributed by atoms with Gasteiger partial charge in [-0.1, -0.05) is 64.1 Å². The van der Waals surface area contributed by atoms with Gasteiger partial charge in [0.1, 0.15) is 29.5 Å². The standard InChI is InChI=1S/C44H51FN8O6/c1-24(2)37(50-43(56)58-5)41(54)52-17-7-9-35(52)39-46-22-33(48-39)29-14-12-26-19-28(13-11-27(26)20-29)31-16-15-30(21-32(31)45)34-23-47-40(49-34)36-10-8-18-53(36)42(55)38(25(3)4)51-44(57)59-6/h11-16,19-25,35-38H,7-10,17-18H2,1-6H3,(H,46,48)(H,47,49)(H,50,56)(H,51,57)/t35-,36-,37-,38-/m0/s1. The summed E-state index contributed by atoms with van der Waals surface area (Å²) in [5.41, 5.74) is 4.18. The number of aromatic amines is 2. The van der Waals surface area contributed by atoms with E-state index in [1.807, 2.05) is 64.1 Å². The van der Waals surface area contributed by atoms with Crippen LogP contribution in [0.3, 0.4) is 0 Å².